The first-order valence-electron chi connectivity index (χ1n) is 6.64. The summed E-state index contributed by atoms with van der Waals surface area (Å²) in [5.74, 6) is 0.845. The molecule has 1 aromatic heterocycles. The molecule has 2 saturated heterocycles. The highest BCUT2D eigenvalue weighted by Gasteiger charge is 2.48. The Bertz CT molecular complexity index is 545. The lowest BCUT2D eigenvalue weighted by Gasteiger charge is -2.30. The van der Waals surface area contributed by atoms with Gasteiger partial charge in [-0.25, -0.2) is 9.69 Å². The zero-order valence-electron chi connectivity index (χ0n) is 11.4. The number of piperidine rings is 1. The highest BCUT2D eigenvalue weighted by atomic mass is 16.5. The second-order valence-electron chi connectivity index (χ2n) is 5.23. The molecule has 0 aromatic carbocycles. The molecule has 0 N–H and O–H groups in total. The van der Waals surface area contributed by atoms with Gasteiger partial charge in [-0.2, -0.15) is 0 Å². The van der Waals surface area contributed by atoms with E-state index in [1.807, 2.05) is 0 Å². The van der Waals surface area contributed by atoms with Crippen LogP contribution in [0.2, 0.25) is 0 Å². The summed E-state index contributed by atoms with van der Waals surface area (Å²) >= 11 is 0. The highest BCUT2D eigenvalue weighted by Crippen LogP contribution is 2.32. The highest BCUT2D eigenvalue weighted by molar-refractivity contribution is 6.20. The molecule has 3 amide bonds. The first-order chi connectivity index (χ1) is 9.61. The normalized spacial score (nSPS) is 25.9. The van der Waals surface area contributed by atoms with Gasteiger partial charge in [0, 0.05) is 12.6 Å². The van der Waals surface area contributed by atoms with E-state index in [4.69, 9.17) is 4.74 Å². The second kappa shape index (κ2) is 4.73. The van der Waals surface area contributed by atoms with Crippen molar-refractivity contribution in [1.82, 2.24) is 15.1 Å². The van der Waals surface area contributed by atoms with Crippen LogP contribution in [0.15, 0.2) is 12.1 Å². The lowest BCUT2D eigenvalue weighted by Crippen LogP contribution is -2.41. The van der Waals surface area contributed by atoms with E-state index in [0.717, 1.165) is 11.3 Å². The van der Waals surface area contributed by atoms with Gasteiger partial charge in [0.05, 0.1) is 7.11 Å². The number of aromatic nitrogens is 2. The number of carbonyl (C=O) groups excluding carboxylic acids is 2. The molecule has 0 saturated carbocycles. The van der Waals surface area contributed by atoms with E-state index in [1.165, 1.54) is 7.11 Å². The fourth-order valence-corrected chi connectivity index (χ4v) is 2.73. The van der Waals surface area contributed by atoms with Gasteiger partial charge in [-0.05, 0) is 24.8 Å². The van der Waals surface area contributed by atoms with Gasteiger partial charge in [-0.3, -0.25) is 4.79 Å². The molecule has 1 aromatic rings. The van der Waals surface area contributed by atoms with Gasteiger partial charge in [0.15, 0.2) is 5.82 Å². The lowest BCUT2D eigenvalue weighted by molar-refractivity contribution is -0.120. The number of urea groups is 1. The van der Waals surface area contributed by atoms with E-state index in [0.29, 0.717) is 24.8 Å². The molecule has 0 spiro atoms. The summed E-state index contributed by atoms with van der Waals surface area (Å²) in [6, 6.07) is 2.51. The fourth-order valence-electron chi connectivity index (χ4n) is 2.73. The standard InChI is InChI=1S/C13H16N4O3/c1-8-5-6-16-9(7-8)12(18)17(13(16)19)10-3-4-11(20-2)15-14-10/h3-4,8-9H,5-7H2,1-2H3/t8-,9-/m1/s1. The number of anilines is 1. The molecule has 7 heteroatoms. The minimum Gasteiger partial charge on any atom is -0.480 e. The minimum atomic E-state index is -0.352. The van der Waals surface area contributed by atoms with Crippen molar-refractivity contribution in [1.29, 1.82) is 0 Å². The van der Waals surface area contributed by atoms with Gasteiger partial charge in [-0.15, -0.1) is 10.2 Å². The molecular formula is C13H16N4O3. The van der Waals surface area contributed by atoms with Gasteiger partial charge in [-0.1, -0.05) is 6.92 Å². The summed E-state index contributed by atoms with van der Waals surface area (Å²) in [6.45, 7) is 2.72. The maximum Gasteiger partial charge on any atom is 0.333 e. The van der Waals surface area contributed by atoms with Gasteiger partial charge in [0.2, 0.25) is 5.88 Å². The third-order valence-corrected chi connectivity index (χ3v) is 3.87. The predicted octanol–water partition coefficient (Wildman–Crippen LogP) is 1.05. The van der Waals surface area contributed by atoms with Crippen molar-refractivity contribution < 1.29 is 14.3 Å². The van der Waals surface area contributed by atoms with Crippen LogP contribution in [0.1, 0.15) is 19.8 Å². The average Bonchev–Trinajstić information content (AvgIpc) is 2.71. The molecule has 3 heterocycles. The topological polar surface area (TPSA) is 75.6 Å². The molecule has 0 bridgehead atoms. The Labute approximate surface area is 116 Å². The number of nitrogens with zero attached hydrogens (tertiary/aromatic N) is 4. The molecule has 2 fully saturated rings. The third kappa shape index (κ3) is 1.90. The monoisotopic (exact) mass is 276 g/mol. The summed E-state index contributed by atoms with van der Waals surface area (Å²) < 4.78 is 4.92. The van der Waals surface area contributed by atoms with Crippen molar-refractivity contribution in [3.63, 3.8) is 0 Å². The first-order valence-corrected chi connectivity index (χ1v) is 6.64. The minimum absolute atomic E-state index is 0.207. The Hall–Kier alpha value is -2.18. The maximum absolute atomic E-state index is 12.4. The van der Waals surface area contributed by atoms with Gasteiger partial charge >= 0.3 is 6.03 Å². The number of hydrogen-bond acceptors (Lipinski definition) is 5. The zero-order chi connectivity index (χ0) is 14.3. The Balaban J connectivity index is 1.89. The van der Waals surface area contributed by atoms with Gasteiger partial charge < -0.3 is 9.64 Å². The average molecular weight is 276 g/mol. The number of carbonyl (C=O) groups is 2. The van der Waals surface area contributed by atoms with Crippen molar-refractivity contribution in [2.24, 2.45) is 5.92 Å². The van der Waals surface area contributed by atoms with E-state index in [2.05, 4.69) is 17.1 Å². The fraction of sp³-hybridized carbons (Fsp3) is 0.538. The van der Waals surface area contributed by atoms with Crippen LogP contribution in [0.3, 0.4) is 0 Å². The molecular weight excluding hydrogens is 260 g/mol. The van der Waals surface area contributed by atoms with E-state index >= 15 is 0 Å². The molecule has 3 rings (SSSR count). The van der Waals surface area contributed by atoms with Crippen molar-refractivity contribution in [3.8, 4) is 5.88 Å². The zero-order valence-corrected chi connectivity index (χ0v) is 11.4. The summed E-state index contributed by atoms with van der Waals surface area (Å²) in [5, 5.41) is 7.70. The van der Waals surface area contributed by atoms with Crippen molar-refractivity contribution in [2.75, 3.05) is 18.6 Å². The summed E-state index contributed by atoms with van der Waals surface area (Å²) in [5.41, 5.74) is 0. The molecule has 7 nitrogen and oxygen atoms in total. The Morgan fingerprint density at radius 3 is 2.75 bits per heavy atom. The van der Waals surface area contributed by atoms with Crippen LogP contribution < -0.4 is 9.64 Å². The molecule has 2 aliphatic heterocycles. The maximum atomic E-state index is 12.4. The second-order valence-corrected chi connectivity index (χ2v) is 5.23. The Morgan fingerprint density at radius 2 is 2.10 bits per heavy atom. The molecule has 2 aliphatic rings. The SMILES string of the molecule is COc1ccc(N2C(=O)[C@H]3C[C@H](C)CCN3C2=O)nn1. The van der Waals surface area contributed by atoms with Crippen LogP contribution in [-0.2, 0) is 4.79 Å². The molecule has 0 radical (unpaired) electrons. The third-order valence-electron chi connectivity index (χ3n) is 3.87. The number of rotatable bonds is 2. The lowest BCUT2D eigenvalue weighted by atomic mass is 9.93. The van der Waals surface area contributed by atoms with Crippen molar-refractivity contribution >= 4 is 17.8 Å². The van der Waals surface area contributed by atoms with E-state index in [-0.39, 0.29) is 23.8 Å². The summed E-state index contributed by atoms with van der Waals surface area (Å²) in [7, 11) is 1.48. The van der Waals surface area contributed by atoms with E-state index in [9.17, 15) is 9.59 Å². The number of imide groups is 1. The van der Waals surface area contributed by atoms with E-state index < -0.39 is 0 Å². The smallest absolute Gasteiger partial charge is 0.333 e. The van der Waals surface area contributed by atoms with E-state index in [1.54, 1.807) is 17.0 Å². The largest absolute Gasteiger partial charge is 0.480 e. The number of methoxy groups -OCH3 is 1. The Morgan fingerprint density at radius 1 is 1.30 bits per heavy atom. The van der Waals surface area contributed by atoms with Crippen molar-refractivity contribution in [3.05, 3.63) is 12.1 Å². The van der Waals surface area contributed by atoms with Crippen molar-refractivity contribution in [2.45, 2.75) is 25.8 Å². The van der Waals surface area contributed by atoms with Crippen LogP contribution in [0, 0.1) is 5.92 Å². The number of ether oxygens (including phenoxy) is 1. The predicted molar refractivity (Wildman–Crippen MR) is 70.4 cm³/mol. The van der Waals surface area contributed by atoms with Crippen LogP contribution in [0.5, 0.6) is 5.88 Å². The number of amides is 3. The molecule has 2 atom stereocenters. The number of hydrogen-bond donors (Lipinski definition) is 0. The first kappa shape index (κ1) is 12.8. The molecule has 106 valence electrons. The van der Waals surface area contributed by atoms with Crippen LogP contribution in [0.4, 0.5) is 10.6 Å². The Kier molecular flexibility index (Phi) is 3.04. The van der Waals surface area contributed by atoms with Crippen LogP contribution >= 0.6 is 0 Å². The van der Waals surface area contributed by atoms with Crippen LogP contribution in [0.25, 0.3) is 0 Å². The number of fused-ring (bicyclic) bond motifs is 1. The summed E-state index contributed by atoms with van der Waals surface area (Å²) in [6.07, 6.45) is 1.64. The molecule has 0 aliphatic carbocycles. The molecule has 20 heavy (non-hydrogen) atoms. The quantitative estimate of drug-likeness (QED) is 0.755. The summed E-state index contributed by atoms with van der Waals surface area (Å²) in [4.78, 5) is 27.5. The van der Waals surface area contributed by atoms with Crippen LogP contribution in [-0.4, -0.2) is 46.7 Å². The van der Waals surface area contributed by atoms with Gasteiger partial charge in [0.1, 0.15) is 6.04 Å². The van der Waals surface area contributed by atoms with Gasteiger partial charge in [0.25, 0.3) is 5.91 Å². The molecule has 0 unspecified atom stereocenters.